The normalized spacial score (nSPS) is 23.8. The maximum atomic E-state index is 10.6. The third kappa shape index (κ3) is 2.97. The summed E-state index contributed by atoms with van der Waals surface area (Å²) in [6.07, 6.45) is 3.93. The average molecular weight is 198 g/mol. The number of rotatable bonds is 2. The summed E-state index contributed by atoms with van der Waals surface area (Å²) in [6, 6.07) is 0. The SMILES string of the molecule is CC1(NS(=O)(=O)Cl)CCCC1. The molecule has 0 bridgehead atoms. The third-order valence-corrected chi connectivity index (χ3v) is 3.04. The standard InChI is InChI=1S/C6H12ClNO2S/c1-6(4-2-3-5-6)8-11(7,9)10/h8H,2-5H2,1H3. The monoisotopic (exact) mass is 197 g/mol. The Kier molecular flexibility index (Phi) is 2.46. The molecule has 0 saturated heterocycles. The number of hydrogen-bond acceptors (Lipinski definition) is 2. The summed E-state index contributed by atoms with van der Waals surface area (Å²) >= 11 is 0. The molecule has 0 aromatic heterocycles. The van der Waals surface area contributed by atoms with E-state index in [-0.39, 0.29) is 5.54 Å². The van der Waals surface area contributed by atoms with Crippen LogP contribution in [-0.2, 0) is 9.24 Å². The van der Waals surface area contributed by atoms with Gasteiger partial charge in [-0.2, -0.15) is 13.1 Å². The van der Waals surface area contributed by atoms with Crippen LogP contribution in [0.2, 0.25) is 0 Å². The van der Waals surface area contributed by atoms with Crippen molar-refractivity contribution in [3.8, 4) is 0 Å². The van der Waals surface area contributed by atoms with Gasteiger partial charge in [-0.1, -0.05) is 12.8 Å². The van der Waals surface area contributed by atoms with E-state index in [0.29, 0.717) is 0 Å². The Labute approximate surface area is 71.7 Å². The van der Waals surface area contributed by atoms with Crippen molar-refractivity contribution in [1.29, 1.82) is 0 Å². The Hall–Kier alpha value is 0.200. The Morgan fingerprint density at radius 2 is 1.82 bits per heavy atom. The second-order valence-electron chi connectivity index (χ2n) is 3.31. The third-order valence-electron chi connectivity index (χ3n) is 2.08. The number of hydrogen-bond donors (Lipinski definition) is 1. The zero-order chi connectivity index (χ0) is 8.54. The van der Waals surface area contributed by atoms with Crippen molar-refractivity contribution < 1.29 is 8.42 Å². The van der Waals surface area contributed by atoms with Gasteiger partial charge >= 0.3 is 0 Å². The summed E-state index contributed by atoms with van der Waals surface area (Å²) in [6.45, 7) is 1.89. The van der Waals surface area contributed by atoms with Crippen LogP contribution in [0.5, 0.6) is 0 Å². The molecule has 3 nitrogen and oxygen atoms in total. The van der Waals surface area contributed by atoms with Gasteiger partial charge in [0.2, 0.25) is 0 Å². The number of nitrogens with one attached hydrogen (secondary N) is 1. The van der Waals surface area contributed by atoms with Crippen LogP contribution in [0.4, 0.5) is 0 Å². The molecule has 66 valence electrons. The first-order valence-electron chi connectivity index (χ1n) is 3.65. The van der Waals surface area contributed by atoms with Crippen LogP contribution < -0.4 is 4.72 Å². The zero-order valence-corrected chi connectivity index (χ0v) is 8.00. The molecule has 5 heteroatoms. The minimum atomic E-state index is -3.54. The Morgan fingerprint density at radius 1 is 1.36 bits per heavy atom. The molecule has 0 aliphatic heterocycles. The van der Waals surface area contributed by atoms with Gasteiger partial charge in [0.05, 0.1) is 0 Å². The van der Waals surface area contributed by atoms with Crippen LogP contribution in [0.15, 0.2) is 0 Å². The van der Waals surface area contributed by atoms with Crippen LogP contribution in [0, 0.1) is 0 Å². The molecule has 1 fully saturated rings. The van der Waals surface area contributed by atoms with E-state index in [1.807, 2.05) is 6.92 Å². The summed E-state index contributed by atoms with van der Waals surface area (Å²) in [5, 5.41) is 0. The molecule has 11 heavy (non-hydrogen) atoms. The van der Waals surface area contributed by atoms with Gasteiger partial charge in [0.1, 0.15) is 0 Å². The second-order valence-corrected chi connectivity index (χ2v) is 5.61. The van der Waals surface area contributed by atoms with Crippen LogP contribution >= 0.6 is 10.7 Å². The highest BCUT2D eigenvalue weighted by molar-refractivity contribution is 8.12. The summed E-state index contributed by atoms with van der Waals surface area (Å²) < 4.78 is 23.7. The van der Waals surface area contributed by atoms with Crippen molar-refractivity contribution in [2.24, 2.45) is 0 Å². The smallest absolute Gasteiger partial charge is 0.196 e. The summed E-state index contributed by atoms with van der Waals surface area (Å²) in [4.78, 5) is 0. The fraction of sp³-hybridized carbons (Fsp3) is 1.00. The summed E-state index contributed by atoms with van der Waals surface area (Å²) in [7, 11) is 1.52. The van der Waals surface area contributed by atoms with Gasteiger partial charge in [-0.25, -0.2) is 0 Å². The molecule has 0 spiro atoms. The fourth-order valence-electron chi connectivity index (χ4n) is 1.55. The Morgan fingerprint density at radius 3 is 2.18 bits per heavy atom. The fourth-order valence-corrected chi connectivity index (χ4v) is 2.90. The molecule has 0 amide bonds. The highest BCUT2D eigenvalue weighted by Crippen LogP contribution is 2.29. The van der Waals surface area contributed by atoms with E-state index in [1.54, 1.807) is 0 Å². The van der Waals surface area contributed by atoms with Gasteiger partial charge in [-0.05, 0) is 19.8 Å². The van der Waals surface area contributed by atoms with E-state index in [0.717, 1.165) is 25.7 Å². The van der Waals surface area contributed by atoms with Crippen LogP contribution in [-0.4, -0.2) is 14.0 Å². The van der Waals surface area contributed by atoms with E-state index in [2.05, 4.69) is 4.72 Å². The zero-order valence-electron chi connectivity index (χ0n) is 6.43. The lowest BCUT2D eigenvalue weighted by Gasteiger charge is -2.22. The molecule has 1 aliphatic rings. The Balaban J connectivity index is 2.60. The van der Waals surface area contributed by atoms with E-state index in [4.69, 9.17) is 10.7 Å². The molecule has 1 aliphatic carbocycles. The van der Waals surface area contributed by atoms with Gasteiger partial charge in [-0.3, -0.25) is 0 Å². The minimum Gasteiger partial charge on any atom is -0.196 e. The van der Waals surface area contributed by atoms with Crippen LogP contribution in [0.3, 0.4) is 0 Å². The van der Waals surface area contributed by atoms with E-state index >= 15 is 0 Å². The van der Waals surface area contributed by atoms with Crippen molar-refractivity contribution in [2.45, 2.75) is 38.1 Å². The maximum Gasteiger partial charge on any atom is 0.297 e. The summed E-state index contributed by atoms with van der Waals surface area (Å²) in [5.74, 6) is 0. The van der Waals surface area contributed by atoms with Crippen molar-refractivity contribution >= 4 is 19.9 Å². The van der Waals surface area contributed by atoms with Gasteiger partial charge in [0.25, 0.3) is 9.24 Å². The van der Waals surface area contributed by atoms with E-state index < -0.39 is 9.24 Å². The lowest BCUT2D eigenvalue weighted by atomic mass is 10.0. The molecular weight excluding hydrogens is 186 g/mol. The molecular formula is C6H12ClNO2S. The molecule has 0 aromatic carbocycles. The molecule has 0 radical (unpaired) electrons. The lowest BCUT2D eigenvalue weighted by molar-refractivity contribution is 0.432. The Bertz CT molecular complexity index is 231. The largest absolute Gasteiger partial charge is 0.297 e. The molecule has 1 saturated carbocycles. The first-order valence-corrected chi connectivity index (χ1v) is 5.96. The molecule has 1 rings (SSSR count). The van der Waals surface area contributed by atoms with Crippen molar-refractivity contribution in [2.75, 3.05) is 0 Å². The van der Waals surface area contributed by atoms with E-state index in [1.165, 1.54) is 0 Å². The maximum absolute atomic E-state index is 10.6. The van der Waals surface area contributed by atoms with Gasteiger partial charge in [0.15, 0.2) is 0 Å². The topological polar surface area (TPSA) is 46.2 Å². The molecule has 1 N–H and O–H groups in total. The first kappa shape index (κ1) is 9.29. The predicted molar refractivity (Wildman–Crippen MR) is 44.8 cm³/mol. The van der Waals surface area contributed by atoms with Gasteiger partial charge in [0, 0.05) is 16.2 Å². The lowest BCUT2D eigenvalue weighted by Crippen LogP contribution is -2.41. The number of halogens is 1. The second kappa shape index (κ2) is 2.92. The molecule has 0 atom stereocenters. The van der Waals surface area contributed by atoms with Gasteiger partial charge in [-0.15, -0.1) is 0 Å². The van der Waals surface area contributed by atoms with Crippen molar-refractivity contribution in [1.82, 2.24) is 4.72 Å². The minimum absolute atomic E-state index is 0.291. The van der Waals surface area contributed by atoms with Crippen LogP contribution in [0.25, 0.3) is 0 Å². The molecule has 0 unspecified atom stereocenters. The van der Waals surface area contributed by atoms with Crippen LogP contribution in [0.1, 0.15) is 32.6 Å². The quantitative estimate of drug-likeness (QED) is 0.681. The molecule has 0 heterocycles. The van der Waals surface area contributed by atoms with Gasteiger partial charge < -0.3 is 0 Å². The summed E-state index contributed by atoms with van der Waals surface area (Å²) in [5.41, 5.74) is -0.291. The van der Waals surface area contributed by atoms with Crippen molar-refractivity contribution in [3.63, 3.8) is 0 Å². The molecule has 0 aromatic rings. The highest BCUT2D eigenvalue weighted by atomic mass is 35.7. The first-order chi connectivity index (χ1) is 4.91. The highest BCUT2D eigenvalue weighted by Gasteiger charge is 2.31. The predicted octanol–water partition coefficient (Wildman–Crippen LogP) is 1.39. The van der Waals surface area contributed by atoms with Crippen molar-refractivity contribution in [3.05, 3.63) is 0 Å². The van der Waals surface area contributed by atoms with E-state index in [9.17, 15) is 8.42 Å². The average Bonchev–Trinajstić information content (AvgIpc) is 2.09.